The van der Waals surface area contributed by atoms with E-state index in [1.54, 1.807) is 18.1 Å². The monoisotopic (exact) mass is 470 g/mol. The maximum atomic E-state index is 13.2. The van der Waals surface area contributed by atoms with Gasteiger partial charge in [0.05, 0.1) is 23.6 Å². The molecule has 0 aliphatic carbocycles. The lowest BCUT2D eigenvalue weighted by molar-refractivity contribution is -0.135. The Bertz CT molecular complexity index is 1200. The molecule has 3 aromatic rings. The Morgan fingerprint density at radius 1 is 1.12 bits per heavy atom. The second kappa shape index (κ2) is 9.84. The SMILES string of the molecule is CN(Cc1cnn(Cc2ccccc2)c1)C(=O)[C@@H]1CCCN(S(=O)(=O)c2ccc(F)cc2)C1. The fourth-order valence-electron chi connectivity index (χ4n) is 4.13. The van der Waals surface area contributed by atoms with Crippen molar-refractivity contribution in [2.24, 2.45) is 5.92 Å². The Morgan fingerprint density at radius 2 is 1.85 bits per heavy atom. The standard InChI is InChI=1S/C24H27FN4O3S/c1-27(15-20-14-26-28(17-20)16-19-6-3-2-4-7-19)24(30)21-8-5-13-29(18-21)33(31,32)23-11-9-22(25)10-12-23/h2-4,6-7,9-12,14,17,21H,5,8,13,15-16,18H2,1H3/t21-/m1/s1. The zero-order valence-electron chi connectivity index (χ0n) is 18.5. The van der Waals surface area contributed by atoms with E-state index in [0.717, 1.165) is 23.3 Å². The van der Waals surface area contributed by atoms with E-state index in [9.17, 15) is 17.6 Å². The molecule has 1 aliphatic rings. The van der Waals surface area contributed by atoms with Crippen LogP contribution in [0.25, 0.3) is 0 Å². The number of hydrogen-bond donors (Lipinski definition) is 0. The first kappa shape index (κ1) is 23.1. The van der Waals surface area contributed by atoms with Crippen molar-refractivity contribution < 1.29 is 17.6 Å². The Balaban J connectivity index is 1.38. The number of nitrogens with zero attached hydrogens (tertiary/aromatic N) is 4. The molecular formula is C24H27FN4O3S. The number of carbonyl (C=O) groups excluding carboxylic acids is 1. The molecule has 0 spiro atoms. The van der Waals surface area contributed by atoms with Gasteiger partial charge in [-0.05, 0) is 42.7 Å². The molecular weight excluding hydrogens is 443 g/mol. The topological polar surface area (TPSA) is 75.5 Å². The van der Waals surface area contributed by atoms with Gasteiger partial charge in [0.1, 0.15) is 5.82 Å². The molecule has 174 valence electrons. The van der Waals surface area contributed by atoms with Gasteiger partial charge in [-0.1, -0.05) is 30.3 Å². The summed E-state index contributed by atoms with van der Waals surface area (Å²) in [5.41, 5.74) is 2.05. The third kappa shape index (κ3) is 5.48. The number of halogens is 1. The van der Waals surface area contributed by atoms with Gasteiger partial charge in [0.15, 0.2) is 0 Å². The minimum absolute atomic E-state index is 0.0381. The van der Waals surface area contributed by atoms with E-state index in [1.165, 1.54) is 16.4 Å². The highest BCUT2D eigenvalue weighted by Crippen LogP contribution is 2.25. The summed E-state index contributed by atoms with van der Waals surface area (Å²) in [5.74, 6) is -1.00. The molecule has 0 bridgehead atoms. The molecule has 33 heavy (non-hydrogen) atoms. The van der Waals surface area contributed by atoms with E-state index in [4.69, 9.17) is 0 Å². The molecule has 0 saturated carbocycles. The molecule has 1 saturated heterocycles. The summed E-state index contributed by atoms with van der Waals surface area (Å²) in [6.45, 7) is 1.52. The molecule has 2 heterocycles. The minimum atomic E-state index is -3.77. The van der Waals surface area contributed by atoms with E-state index < -0.39 is 21.8 Å². The summed E-state index contributed by atoms with van der Waals surface area (Å²) < 4.78 is 42.3. The van der Waals surface area contributed by atoms with Crippen molar-refractivity contribution >= 4 is 15.9 Å². The number of aromatic nitrogens is 2. The Labute approximate surface area is 193 Å². The van der Waals surface area contributed by atoms with Crippen LogP contribution in [0.1, 0.15) is 24.0 Å². The Morgan fingerprint density at radius 3 is 2.58 bits per heavy atom. The van der Waals surface area contributed by atoms with Crippen molar-refractivity contribution in [1.29, 1.82) is 0 Å². The second-order valence-electron chi connectivity index (χ2n) is 8.38. The van der Waals surface area contributed by atoms with E-state index in [0.29, 0.717) is 32.5 Å². The van der Waals surface area contributed by atoms with E-state index in [-0.39, 0.29) is 17.3 Å². The third-order valence-electron chi connectivity index (χ3n) is 5.85. The van der Waals surface area contributed by atoms with Gasteiger partial charge in [-0.15, -0.1) is 0 Å². The van der Waals surface area contributed by atoms with Gasteiger partial charge in [-0.25, -0.2) is 12.8 Å². The first-order chi connectivity index (χ1) is 15.8. The predicted molar refractivity (Wildman–Crippen MR) is 122 cm³/mol. The van der Waals surface area contributed by atoms with Crippen molar-refractivity contribution in [3.63, 3.8) is 0 Å². The largest absolute Gasteiger partial charge is 0.341 e. The summed E-state index contributed by atoms with van der Waals surface area (Å²) in [5, 5.41) is 4.38. The second-order valence-corrected chi connectivity index (χ2v) is 10.3. The van der Waals surface area contributed by atoms with Crippen LogP contribution >= 0.6 is 0 Å². The van der Waals surface area contributed by atoms with E-state index >= 15 is 0 Å². The number of sulfonamides is 1. The van der Waals surface area contributed by atoms with Crippen LogP contribution in [0, 0.1) is 11.7 Å². The number of rotatable bonds is 7. The molecule has 4 rings (SSSR count). The quantitative estimate of drug-likeness (QED) is 0.532. The molecule has 1 amide bonds. The van der Waals surface area contributed by atoms with Gasteiger partial charge in [-0.3, -0.25) is 9.48 Å². The van der Waals surface area contributed by atoms with Crippen molar-refractivity contribution in [3.05, 3.63) is 83.9 Å². The zero-order valence-corrected chi connectivity index (χ0v) is 19.3. The van der Waals surface area contributed by atoms with Crippen molar-refractivity contribution in [3.8, 4) is 0 Å². The Hall–Kier alpha value is -3.04. The molecule has 0 radical (unpaired) electrons. The smallest absolute Gasteiger partial charge is 0.243 e. The molecule has 1 aliphatic heterocycles. The lowest BCUT2D eigenvalue weighted by atomic mass is 9.98. The average molecular weight is 471 g/mol. The van der Waals surface area contributed by atoms with Gasteiger partial charge in [-0.2, -0.15) is 9.40 Å². The highest BCUT2D eigenvalue weighted by atomic mass is 32.2. The molecule has 0 unspecified atom stereocenters. The summed E-state index contributed by atoms with van der Waals surface area (Å²) in [7, 11) is -2.05. The van der Waals surface area contributed by atoms with E-state index in [1.807, 2.05) is 41.2 Å². The molecule has 1 atom stereocenters. The highest BCUT2D eigenvalue weighted by Gasteiger charge is 2.34. The van der Waals surface area contributed by atoms with Crippen LogP contribution < -0.4 is 0 Å². The molecule has 9 heteroatoms. The van der Waals surface area contributed by atoms with Crippen molar-refractivity contribution in [2.75, 3.05) is 20.1 Å². The number of amides is 1. The number of benzene rings is 2. The zero-order chi connectivity index (χ0) is 23.4. The maximum Gasteiger partial charge on any atom is 0.243 e. The fraction of sp³-hybridized carbons (Fsp3) is 0.333. The van der Waals surface area contributed by atoms with Gasteiger partial charge < -0.3 is 4.90 Å². The molecule has 7 nitrogen and oxygen atoms in total. The van der Waals surface area contributed by atoms with Crippen LogP contribution in [0.3, 0.4) is 0 Å². The first-order valence-corrected chi connectivity index (χ1v) is 12.3. The van der Waals surface area contributed by atoms with Gasteiger partial charge >= 0.3 is 0 Å². The van der Waals surface area contributed by atoms with Crippen LogP contribution in [0.4, 0.5) is 4.39 Å². The summed E-state index contributed by atoms with van der Waals surface area (Å²) >= 11 is 0. The summed E-state index contributed by atoms with van der Waals surface area (Å²) in [6.07, 6.45) is 4.90. The highest BCUT2D eigenvalue weighted by molar-refractivity contribution is 7.89. The van der Waals surface area contributed by atoms with Crippen molar-refractivity contribution in [2.45, 2.75) is 30.8 Å². The van der Waals surface area contributed by atoms with E-state index in [2.05, 4.69) is 5.10 Å². The summed E-state index contributed by atoms with van der Waals surface area (Å²) in [6, 6.07) is 14.8. The first-order valence-electron chi connectivity index (χ1n) is 10.9. The summed E-state index contributed by atoms with van der Waals surface area (Å²) in [4.78, 5) is 14.7. The molecule has 2 aromatic carbocycles. The van der Waals surface area contributed by atoms with Crippen LogP contribution in [0.15, 0.2) is 71.9 Å². The van der Waals surface area contributed by atoms with Crippen LogP contribution in [0.5, 0.6) is 0 Å². The molecule has 1 aromatic heterocycles. The maximum absolute atomic E-state index is 13.2. The van der Waals surface area contributed by atoms with Crippen LogP contribution in [0.2, 0.25) is 0 Å². The number of carbonyl (C=O) groups is 1. The van der Waals surface area contributed by atoms with Gasteiger partial charge in [0, 0.05) is 38.4 Å². The third-order valence-corrected chi connectivity index (χ3v) is 7.73. The number of hydrogen-bond acceptors (Lipinski definition) is 4. The Kier molecular flexibility index (Phi) is 6.90. The molecule has 1 fully saturated rings. The molecule has 0 N–H and O–H groups in total. The van der Waals surface area contributed by atoms with Gasteiger partial charge in [0.2, 0.25) is 15.9 Å². The number of piperidine rings is 1. The van der Waals surface area contributed by atoms with Crippen LogP contribution in [-0.2, 0) is 27.9 Å². The minimum Gasteiger partial charge on any atom is -0.341 e. The average Bonchev–Trinajstić information content (AvgIpc) is 3.26. The lowest BCUT2D eigenvalue weighted by Gasteiger charge is -2.33. The predicted octanol–water partition coefficient (Wildman–Crippen LogP) is 3.13. The normalized spacial score (nSPS) is 17.1. The van der Waals surface area contributed by atoms with Crippen LogP contribution in [-0.4, -0.2) is 53.4 Å². The van der Waals surface area contributed by atoms with Crippen molar-refractivity contribution in [1.82, 2.24) is 19.0 Å². The van der Waals surface area contributed by atoms with Gasteiger partial charge in [0.25, 0.3) is 0 Å². The lowest BCUT2D eigenvalue weighted by Crippen LogP contribution is -2.45. The fourth-order valence-corrected chi connectivity index (χ4v) is 5.65.